The van der Waals surface area contributed by atoms with Crippen LogP contribution in [0, 0.1) is 13.8 Å². The van der Waals surface area contributed by atoms with Crippen LogP contribution in [0.15, 0.2) is 48.8 Å². The molecule has 0 bridgehead atoms. The van der Waals surface area contributed by atoms with Gasteiger partial charge in [0.25, 0.3) is 0 Å². The van der Waals surface area contributed by atoms with Crippen LogP contribution in [-0.4, -0.2) is 47.6 Å². The summed E-state index contributed by atoms with van der Waals surface area (Å²) in [5.74, 6) is 2.39. The molecule has 2 aromatic heterocycles. The highest BCUT2D eigenvalue weighted by Gasteiger charge is 2.17. The zero-order valence-corrected chi connectivity index (χ0v) is 17.1. The van der Waals surface area contributed by atoms with Crippen molar-refractivity contribution in [2.24, 2.45) is 0 Å². The minimum Gasteiger partial charge on any atom is -0.497 e. The van der Waals surface area contributed by atoms with Gasteiger partial charge in [0.15, 0.2) is 5.82 Å². The summed E-state index contributed by atoms with van der Waals surface area (Å²) < 4.78 is 5.38. The average molecular weight is 377 g/mol. The van der Waals surface area contributed by atoms with Crippen LogP contribution in [-0.2, 0) is 0 Å². The van der Waals surface area contributed by atoms with E-state index in [1.807, 2.05) is 38.1 Å². The Morgan fingerprint density at radius 3 is 2.61 bits per heavy atom. The van der Waals surface area contributed by atoms with Crippen LogP contribution in [0.1, 0.15) is 22.9 Å². The van der Waals surface area contributed by atoms with Crippen molar-refractivity contribution in [3.8, 4) is 17.1 Å². The number of rotatable bonds is 7. The number of methoxy groups -OCH3 is 1. The number of benzene rings is 1. The van der Waals surface area contributed by atoms with Crippen molar-refractivity contribution in [2.75, 3.05) is 33.1 Å². The van der Waals surface area contributed by atoms with E-state index in [9.17, 15) is 0 Å². The molecule has 6 nitrogen and oxygen atoms in total. The number of aromatic nitrogens is 3. The van der Waals surface area contributed by atoms with Gasteiger partial charge in [-0.2, -0.15) is 0 Å². The molecule has 2 heterocycles. The van der Waals surface area contributed by atoms with Gasteiger partial charge in [-0.05, 0) is 57.8 Å². The summed E-state index contributed by atoms with van der Waals surface area (Å²) >= 11 is 0. The minimum atomic E-state index is 0.173. The molecule has 0 spiro atoms. The van der Waals surface area contributed by atoms with Crippen LogP contribution in [0.3, 0.4) is 0 Å². The summed E-state index contributed by atoms with van der Waals surface area (Å²) in [7, 11) is 5.84. The normalized spacial score (nSPS) is 12.1. The molecular weight excluding hydrogens is 350 g/mol. The van der Waals surface area contributed by atoms with Gasteiger partial charge in [-0.25, -0.2) is 9.97 Å². The highest BCUT2D eigenvalue weighted by atomic mass is 16.5. The SMILES string of the molecule is COc1cccc(C(CNc2nc(-c3cccnc3)nc(C)c2C)N(C)C)c1. The van der Waals surface area contributed by atoms with Gasteiger partial charge in [-0.15, -0.1) is 0 Å². The number of anilines is 1. The number of hydrogen-bond acceptors (Lipinski definition) is 6. The lowest BCUT2D eigenvalue weighted by Gasteiger charge is -2.26. The fraction of sp³-hybridized carbons (Fsp3) is 0.318. The summed E-state index contributed by atoms with van der Waals surface area (Å²) in [5.41, 5.74) is 4.10. The number of likely N-dealkylation sites (N-methyl/N-ethyl adjacent to an activating group) is 1. The van der Waals surface area contributed by atoms with Crippen molar-refractivity contribution in [3.05, 3.63) is 65.6 Å². The first-order valence-electron chi connectivity index (χ1n) is 9.29. The molecule has 1 unspecified atom stereocenters. The van der Waals surface area contributed by atoms with Gasteiger partial charge >= 0.3 is 0 Å². The highest BCUT2D eigenvalue weighted by Crippen LogP contribution is 2.25. The van der Waals surface area contributed by atoms with E-state index in [0.717, 1.165) is 28.4 Å². The van der Waals surface area contributed by atoms with Gasteiger partial charge in [0.1, 0.15) is 11.6 Å². The fourth-order valence-corrected chi connectivity index (χ4v) is 3.07. The predicted molar refractivity (Wildman–Crippen MR) is 113 cm³/mol. The van der Waals surface area contributed by atoms with Crippen molar-refractivity contribution in [2.45, 2.75) is 19.9 Å². The first-order chi connectivity index (χ1) is 13.5. The van der Waals surface area contributed by atoms with Crippen molar-refractivity contribution in [1.29, 1.82) is 0 Å². The van der Waals surface area contributed by atoms with Crippen LogP contribution in [0.4, 0.5) is 5.82 Å². The fourth-order valence-electron chi connectivity index (χ4n) is 3.07. The number of pyridine rings is 1. The lowest BCUT2D eigenvalue weighted by atomic mass is 10.1. The molecule has 28 heavy (non-hydrogen) atoms. The molecule has 0 aliphatic rings. The number of nitrogens with one attached hydrogen (secondary N) is 1. The van der Waals surface area contributed by atoms with Crippen LogP contribution in [0.25, 0.3) is 11.4 Å². The monoisotopic (exact) mass is 377 g/mol. The standard InChI is InChI=1S/C22H27N5O/c1-15-16(2)25-22(18-9-7-11-23-13-18)26-21(15)24-14-20(27(3)4)17-8-6-10-19(12-17)28-5/h6-13,20H,14H2,1-5H3,(H,24,25,26). The third-order valence-corrected chi connectivity index (χ3v) is 4.87. The van der Waals surface area contributed by atoms with Gasteiger partial charge in [0, 0.05) is 35.8 Å². The van der Waals surface area contributed by atoms with E-state index in [-0.39, 0.29) is 6.04 Å². The van der Waals surface area contributed by atoms with E-state index in [0.29, 0.717) is 12.4 Å². The number of aryl methyl sites for hydroxylation is 1. The molecule has 0 saturated carbocycles. The molecule has 0 saturated heterocycles. The van der Waals surface area contributed by atoms with Crippen LogP contribution in [0.5, 0.6) is 5.75 Å². The van der Waals surface area contributed by atoms with Gasteiger partial charge in [0.2, 0.25) is 0 Å². The maximum atomic E-state index is 5.38. The molecule has 3 aromatic rings. The maximum Gasteiger partial charge on any atom is 0.163 e. The first kappa shape index (κ1) is 19.8. The smallest absolute Gasteiger partial charge is 0.163 e. The topological polar surface area (TPSA) is 63.2 Å². The molecule has 3 rings (SSSR count). The molecule has 1 aromatic carbocycles. The highest BCUT2D eigenvalue weighted by molar-refractivity contribution is 5.58. The Bertz CT molecular complexity index is 927. The Morgan fingerprint density at radius 1 is 1.11 bits per heavy atom. The third-order valence-electron chi connectivity index (χ3n) is 4.87. The van der Waals surface area contributed by atoms with E-state index in [1.54, 1.807) is 19.5 Å². The van der Waals surface area contributed by atoms with Crippen molar-refractivity contribution >= 4 is 5.82 Å². The van der Waals surface area contributed by atoms with Crippen LogP contribution < -0.4 is 10.1 Å². The molecule has 6 heteroatoms. The number of hydrogen-bond donors (Lipinski definition) is 1. The van der Waals surface area contributed by atoms with E-state index < -0.39 is 0 Å². The quantitative estimate of drug-likeness (QED) is 0.674. The summed E-state index contributed by atoms with van der Waals surface area (Å²) in [4.78, 5) is 15.8. The van der Waals surface area contributed by atoms with E-state index in [1.165, 1.54) is 5.56 Å². The molecule has 0 radical (unpaired) electrons. The number of ether oxygens (including phenoxy) is 1. The minimum absolute atomic E-state index is 0.173. The van der Waals surface area contributed by atoms with Gasteiger partial charge < -0.3 is 15.0 Å². The predicted octanol–water partition coefficient (Wildman–Crippen LogP) is 3.88. The Labute approximate surface area is 166 Å². The van der Waals surface area contributed by atoms with Crippen molar-refractivity contribution in [3.63, 3.8) is 0 Å². The summed E-state index contributed by atoms with van der Waals surface area (Å²) in [6.45, 7) is 4.76. The Kier molecular flexibility index (Phi) is 6.21. The second-order valence-corrected chi connectivity index (χ2v) is 6.98. The van der Waals surface area contributed by atoms with Crippen LogP contribution >= 0.6 is 0 Å². The molecule has 0 fully saturated rings. The first-order valence-corrected chi connectivity index (χ1v) is 9.29. The molecular formula is C22H27N5O. The van der Waals surface area contributed by atoms with Gasteiger partial charge in [-0.3, -0.25) is 4.98 Å². The molecule has 0 aliphatic heterocycles. The van der Waals surface area contributed by atoms with E-state index in [2.05, 4.69) is 46.4 Å². The number of nitrogens with zero attached hydrogens (tertiary/aromatic N) is 4. The van der Waals surface area contributed by atoms with Crippen molar-refractivity contribution < 1.29 is 4.74 Å². The average Bonchev–Trinajstić information content (AvgIpc) is 2.71. The largest absolute Gasteiger partial charge is 0.497 e. The zero-order chi connectivity index (χ0) is 20.1. The molecule has 146 valence electrons. The van der Waals surface area contributed by atoms with Crippen molar-refractivity contribution in [1.82, 2.24) is 19.9 Å². The van der Waals surface area contributed by atoms with E-state index in [4.69, 9.17) is 9.72 Å². The Hall–Kier alpha value is -2.99. The Morgan fingerprint density at radius 2 is 1.93 bits per heavy atom. The lowest BCUT2D eigenvalue weighted by molar-refractivity contribution is 0.310. The lowest BCUT2D eigenvalue weighted by Crippen LogP contribution is -2.27. The summed E-state index contributed by atoms with van der Waals surface area (Å²) in [6.07, 6.45) is 3.53. The second kappa shape index (κ2) is 8.80. The van der Waals surface area contributed by atoms with Crippen LogP contribution in [0.2, 0.25) is 0 Å². The van der Waals surface area contributed by atoms with Gasteiger partial charge in [0.05, 0.1) is 13.2 Å². The molecule has 1 atom stereocenters. The Balaban J connectivity index is 1.86. The molecule has 1 N–H and O–H groups in total. The third kappa shape index (κ3) is 4.46. The maximum absolute atomic E-state index is 5.38. The molecule has 0 amide bonds. The second-order valence-electron chi connectivity index (χ2n) is 6.98. The summed E-state index contributed by atoms with van der Waals surface area (Å²) in [6, 6.07) is 12.2. The molecule has 0 aliphatic carbocycles. The van der Waals surface area contributed by atoms with Gasteiger partial charge in [-0.1, -0.05) is 12.1 Å². The zero-order valence-electron chi connectivity index (χ0n) is 17.1. The van der Waals surface area contributed by atoms with E-state index >= 15 is 0 Å². The summed E-state index contributed by atoms with van der Waals surface area (Å²) in [5, 5.41) is 3.53.